The maximum Gasteiger partial charge on any atom is 0.265 e. The fraction of sp³-hybridized carbons (Fsp3) is 0.462. The van der Waals surface area contributed by atoms with E-state index in [1.807, 2.05) is 13.1 Å². The number of hydrogen-bond acceptors (Lipinski definition) is 4. The number of nitrogens with two attached hydrogens (primary N) is 1. The Bertz CT molecular complexity index is 425. The Balaban J connectivity index is 2.61. The molecule has 1 aromatic rings. The van der Waals surface area contributed by atoms with Crippen molar-refractivity contribution in [3.8, 4) is 0 Å². The minimum atomic E-state index is -0.283. The number of nitrogen functional groups attached to an aromatic ring is 1. The highest BCUT2D eigenvalue weighted by atomic mass is 79.9. The fourth-order valence-electron chi connectivity index (χ4n) is 1.80. The van der Waals surface area contributed by atoms with Crippen LogP contribution in [0.5, 0.6) is 0 Å². The van der Waals surface area contributed by atoms with E-state index in [2.05, 4.69) is 38.6 Å². The molecule has 0 saturated carbocycles. The summed E-state index contributed by atoms with van der Waals surface area (Å²) in [6.07, 6.45) is 1.11. The van der Waals surface area contributed by atoms with Crippen LogP contribution in [-0.2, 0) is 6.54 Å². The summed E-state index contributed by atoms with van der Waals surface area (Å²) < 4.78 is 0.925. The molecule has 0 fully saturated rings. The standard InChI is InChI=1S/C13H21BrN4O/c1-16-6-3-7-18(2)9-11-5-4-10(8-12(11)14)13(19)17-15/h4-5,8,16H,3,6-7,9,15H2,1-2H3,(H,17,19). The minimum Gasteiger partial charge on any atom is -0.320 e. The third-order valence-corrected chi connectivity index (χ3v) is 3.59. The molecule has 0 spiro atoms. The van der Waals surface area contributed by atoms with Crippen LogP contribution in [0.2, 0.25) is 0 Å². The van der Waals surface area contributed by atoms with Gasteiger partial charge in [0, 0.05) is 16.6 Å². The van der Waals surface area contributed by atoms with Crippen molar-refractivity contribution in [2.24, 2.45) is 5.84 Å². The lowest BCUT2D eigenvalue weighted by Gasteiger charge is -2.17. The van der Waals surface area contributed by atoms with Crippen LogP contribution < -0.4 is 16.6 Å². The van der Waals surface area contributed by atoms with Gasteiger partial charge in [-0.2, -0.15) is 0 Å². The summed E-state index contributed by atoms with van der Waals surface area (Å²) >= 11 is 3.50. The molecule has 0 saturated heterocycles. The van der Waals surface area contributed by atoms with Crippen LogP contribution >= 0.6 is 15.9 Å². The monoisotopic (exact) mass is 328 g/mol. The lowest BCUT2D eigenvalue weighted by molar-refractivity contribution is 0.0953. The Morgan fingerprint density at radius 2 is 2.21 bits per heavy atom. The Morgan fingerprint density at radius 3 is 2.79 bits per heavy atom. The first-order chi connectivity index (χ1) is 9.08. The Kier molecular flexibility index (Phi) is 7.01. The van der Waals surface area contributed by atoms with Crippen molar-refractivity contribution in [2.75, 3.05) is 27.2 Å². The average molecular weight is 329 g/mol. The highest BCUT2D eigenvalue weighted by Crippen LogP contribution is 2.20. The fourth-order valence-corrected chi connectivity index (χ4v) is 2.30. The van der Waals surface area contributed by atoms with Crippen LogP contribution in [0.3, 0.4) is 0 Å². The molecular weight excluding hydrogens is 308 g/mol. The van der Waals surface area contributed by atoms with E-state index < -0.39 is 0 Å². The molecule has 0 aliphatic heterocycles. The number of nitrogens with zero attached hydrogens (tertiary/aromatic N) is 1. The molecule has 1 rings (SSSR count). The number of rotatable bonds is 7. The number of hydrazine groups is 1. The van der Waals surface area contributed by atoms with Gasteiger partial charge in [0.2, 0.25) is 0 Å². The largest absolute Gasteiger partial charge is 0.320 e. The van der Waals surface area contributed by atoms with Gasteiger partial charge in [-0.15, -0.1) is 0 Å². The second kappa shape index (κ2) is 8.27. The van der Waals surface area contributed by atoms with Gasteiger partial charge in [0.25, 0.3) is 5.91 Å². The van der Waals surface area contributed by atoms with Crippen molar-refractivity contribution in [1.29, 1.82) is 0 Å². The van der Waals surface area contributed by atoms with E-state index in [9.17, 15) is 4.79 Å². The van der Waals surface area contributed by atoms with Gasteiger partial charge in [-0.25, -0.2) is 5.84 Å². The third-order valence-electron chi connectivity index (χ3n) is 2.85. The van der Waals surface area contributed by atoms with Gasteiger partial charge in [0.05, 0.1) is 0 Å². The molecule has 1 aromatic carbocycles. The zero-order valence-corrected chi connectivity index (χ0v) is 13.0. The molecule has 0 aliphatic rings. The molecule has 0 aliphatic carbocycles. The van der Waals surface area contributed by atoms with Crippen molar-refractivity contribution >= 4 is 21.8 Å². The zero-order chi connectivity index (χ0) is 14.3. The lowest BCUT2D eigenvalue weighted by Crippen LogP contribution is -2.30. The molecule has 0 bridgehead atoms. The Labute approximate surface area is 122 Å². The first-order valence-corrected chi connectivity index (χ1v) is 7.00. The van der Waals surface area contributed by atoms with Gasteiger partial charge in [-0.3, -0.25) is 10.2 Å². The Hall–Kier alpha value is -0.950. The van der Waals surface area contributed by atoms with Crippen molar-refractivity contribution in [3.63, 3.8) is 0 Å². The van der Waals surface area contributed by atoms with Gasteiger partial charge in [0.15, 0.2) is 0 Å². The quantitative estimate of drug-likeness (QED) is 0.303. The summed E-state index contributed by atoms with van der Waals surface area (Å²) in [5.41, 5.74) is 3.83. The van der Waals surface area contributed by atoms with Gasteiger partial charge in [-0.1, -0.05) is 22.0 Å². The average Bonchev–Trinajstić information content (AvgIpc) is 2.40. The molecule has 6 heteroatoms. The number of benzene rings is 1. The van der Waals surface area contributed by atoms with Gasteiger partial charge in [0.1, 0.15) is 0 Å². The summed E-state index contributed by atoms with van der Waals surface area (Å²) in [5.74, 6) is 4.83. The molecule has 4 N–H and O–H groups in total. The number of carbonyl (C=O) groups is 1. The van der Waals surface area contributed by atoms with E-state index in [1.165, 1.54) is 0 Å². The van der Waals surface area contributed by atoms with Crippen LogP contribution in [0.15, 0.2) is 22.7 Å². The van der Waals surface area contributed by atoms with Crippen LogP contribution in [0.4, 0.5) is 0 Å². The summed E-state index contributed by atoms with van der Waals surface area (Å²) in [4.78, 5) is 13.6. The SMILES string of the molecule is CNCCCN(C)Cc1ccc(C(=O)NN)cc1Br. The van der Waals surface area contributed by atoms with E-state index in [0.29, 0.717) is 5.56 Å². The summed E-state index contributed by atoms with van der Waals surface area (Å²) in [5, 5.41) is 3.13. The predicted molar refractivity (Wildman–Crippen MR) is 80.7 cm³/mol. The highest BCUT2D eigenvalue weighted by Gasteiger charge is 2.08. The molecule has 1 amide bonds. The molecule has 5 nitrogen and oxygen atoms in total. The number of amides is 1. The topological polar surface area (TPSA) is 70.4 Å². The lowest BCUT2D eigenvalue weighted by atomic mass is 10.1. The van der Waals surface area contributed by atoms with Crippen LogP contribution in [0.25, 0.3) is 0 Å². The van der Waals surface area contributed by atoms with E-state index in [4.69, 9.17) is 5.84 Å². The van der Waals surface area contributed by atoms with Crippen molar-refractivity contribution in [3.05, 3.63) is 33.8 Å². The second-order valence-corrected chi connectivity index (χ2v) is 5.33. The van der Waals surface area contributed by atoms with E-state index in [1.54, 1.807) is 12.1 Å². The second-order valence-electron chi connectivity index (χ2n) is 4.47. The first-order valence-electron chi connectivity index (χ1n) is 6.21. The summed E-state index contributed by atoms with van der Waals surface area (Å²) in [6, 6.07) is 5.52. The maximum absolute atomic E-state index is 11.4. The number of halogens is 1. The van der Waals surface area contributed by atoms with Gasteiger partial charge < -0.3 is 10.2 Å². The highest BCUT2D eigenvalue weighted by molar-refractivity contribution is 9.10. The van der Waals surface area contributed by atoms with E-state index in [-0.39, 0.29) is 5.91 Å². The first kappa shape index (κ1) is 16.1. The normalized spacial score (nSPS) is 10.8. The van der Waals surface area contributed by atoms with Gasteiger partial charge >= 0.3 is 0 Å². The van der Waals surface area contributed by atoms with Crippen LogP contribution in [0, 0.1) is 0 Å². The molecular formula is C13H21BrN4O. The smallest absolute Gasteiger partial charge is 0.265 e. The predicted octanol–water partition coefficient (Wildman–Crippen LogP) is 1.09. The minimum absolute atomic E-state index is 0.283. The summed E-state index contributed by atoms with van der Waals surface area (Å²) in [6.45, 7) is 2.88. The van der Waals surface area contributed by atoms with Crippen LogP contribution in [-0.4, -0.2) is 38.0 Å². The molecule has 0 heterocycles. The molecule has 19 heavy (non-hydrogen) atoms. The van der Waals surface area contributed by atoms with Gasteiger partial charge in [-0.05, 0) is 51.3 Å². The van der Waals surface area contributed by atoms with Crippen molar-refractivity contribution in [1.82, 2.24) is 15.6 Å². The maximum atomic E-state index is 11.4. The molecule has 106 valence electrons. The number of hydrogen-bond donors (Lipinski definition) is 3. The number of nitrogens with one attached hydrogen (secondary N) is 2. The van der Waals surface area contributed by atoms with Crippen LogP contribution in [0.1, 0.15) is 22.3 Å². The summed E-state index contributed by atoms with van der Waals surface area (Å²) in [7, 11) is 4.04. The molecule has 0 atom stereocenters. The molecule has 0 aromatic heterocycles. The third kappa shape index (κ3) is 5.28. The van der Waals surface area contributed by atoms with Crippen molar-refractivity contribution in [2.45, 2.75) is 13.0 Å². The molecule has 0 radical (unpaired) electrons. The zero-order valence-electron chi connectivity index (χ0n) is 11.4. The molecule has 0 unspecified atom stereocenters. The Morgan fingerprint density at radius 1 is 1.47 bits per heavy atom. The van der Waals surface area contributed by atoms with Crippen molar-refractivity contribution < 1.29 is 4.79 Å². The van der Waals surface area contributed by atoms with E-state index in [0.717, 1.165) is 36.1 Å². The number of carbonyl (C=O) groups excluding carboxylic acids is 1. The van der Waals surface area contributed by atoms with E-state index >= 15 is 0 Å².